The standard InChI is InChI=1S/C22H36N2/c1-2-3-4-5-6-7-8-23-9-11-24(12-10-23)22-16-19-13-20(17-22)15-21(14-19)18-22/h19-21H,2-5,8-18H2,1H3/p+2. The molecule has 2 N–H and O–H groups in total. The van der Waals surface area contributed by atoms with Gasteiger partial charge < -0.3 is 9.80 Å². The Bertz CT molecular complexity index is 443. The van der Waals surface area contributed by atoms with Crippen LogP contribution < -0.4 is 9.80 Å². The minimum absolute atomic E-state index is 0.714. The fraction of sp³-hybridized carbons (Fsp3) is 0.909. The molecule has 4 aliphatic carbocycles. The van der Waals surface area contributed by atoms with E-state index in [9.17, 15) is 0 Å². The number of unbranched alkanes of at least 4 members (excludes halogenated alkanes) is 3. The normalized spacial score (nSPS) is 43.5. The summed E-state index contributed by atoms with van der Waals surface area (Å²) in [6.07, 6.45) is 14.5. The number of rotatable bonds is 5. The molecule has 5 aliphatic rings. The van der Waals surface area contributed by atoms with Crippen molar-refractivity contribution in [3.63, 3.8) is 0 Å². The van der Waals surface area contributed by atoms with E-state index in [1.807, 2.05) is 4.90 Å². The maximum Gasteiger partial charge on any atom is 0.139 e. The molecule has 0 amide bonds. The van der Waals surface area contributed by atoms with E-state index in [4.69, 9.17) is 0 Å². The molecule has 0 aromatic heterocycles. The van der Waals surface area contributed by atoms with Crippen molar-refractivity contribution < 1.29 is 9.80 Å². The molecule has 5 rings (SSSR count). The first-order valence-corrected chi connectivity index (χ1v) is 10.9. The highest BCUT2D eigenvalue weighted by Gasteiger charge is 2.56. The molecule has 1 aliphatic heterocycles. The molecule has 0 aromatic carbocycles. The Hall–Kier alpha value is -0.520. The van der Waals surface area contributed by atoms with Crippen LogP contribution in [0.15, 0.2) is 0 Å². The summed E-state index contributed by atoms with van der Waals surface area (Å²) in [6.45, 7) is 8.92. The molecule has 4 bridgehead atoms. The summed E-state index contributed by atoms with van der Waals surface area (Å²) in [5, 5.41) is 0. The van der Waals surface area contributed by atoms with Gasteiger partial charge >= 0.3 is 0 Å². The highest BCUT2D eigenvalue weighted by Crippen LogP contribution is 2.54. The third-order valence-electron chi connectivity index (χ3n) is 7.72. The zero-order chi connectivity index (χ0) is 16.4. The van der Waals surface area contributed by atoms with E-state index in [1.165, 1.54) is 45.4 Å². The fourth-order valence-electron chi connectivity index (χ4n) is 6.90. The molecule has 0 spiro atoms. The Morgan fingerprint density at radius 2 is 1.46 bits per heavy atom. The van der Waals surface area contributed by atoms with E-state index in [-0.39, 0.29) is 0 Å². The molecule has 5 fully saturated rings. The van der Waals surface area contributed by atoms with Crippen LogP contribution in [0, 0.1) is 29.6 Å². The van der Waals surface area contributed by atoms with Crippen molar-refractivity contribution in [3.05, 3.63) is 0 Å². The van der Waals surface area contributed by atoms with Crippen LogP contribution in [0.25, 0.3) is 0 Å². The lowest BCUT2D eigenvalue weighted by Crippen LogP contribution is -3.32. The highest BCUT2D eigenvalue weighted by atomic mass is 15.3. The van der Waals surface area contributed by atoms with Crippen LogP contribution in [0.4, 0.5) is 0 Å². The topological polar surface area (TPSA) is 8.88 Å². The van der Waals surface area contributed by atoms with Gasteiger partial charge in [-0.05, 0) is 49.4 Å². The van der Waals surface area contributed by atoms with Gasteiger partial charge in [0, 0.05) is 25.7 Å². The van der Waals surface area contributed by atoms with Gasteiger partial charge in [-0.3, -0.25) is 0 Å². The van der Waals surface area contributed by atoms with Gasteiger partial charge in [-0.15, -0.1) is 0 Å². The molecule has 0 atom stereocenters. The Balaban J connectivity index is 1.25. The van der Waals surface area contributed by atoms with Gasteiger partial charge in [-0.25, -0.2) is 0 Å². The van der Waals surface area contributed by atoms with Crippen LogP contribution in [0.3, 0.4) is 0 Å². The van der Waals surface area contributed by atoms with Crippen molar-refractivity contribution in [2.45, 2.75) is 76.7 Å². The SMILES string of the molecule is CCCCCC#CC[NH+]1CC[NH+](C23CC4CC(CC(C4)C2)C3)CC1. The number of hydrogen-bond acceptors (Lipinski definition) is 0. The predicted octanol–water partition coefficient (Wildman–Crippen LogP) is 1.32. The van der Waals surface area contributed by atoms with Gasteiger partial charge in [-0.1, -0.05) is 25.7 Å². The fourth-order valence-corrected chi connectivity index (χ4v) is 6.90. The van der Waals surface area contributed by atoms with Crippen LogP contribution in [0.5, 0.6) is 0 Å². The highest BCUT2D eigenvalue weighted by molar-refractivity contribution is 5.02. The zero-order valence-electron chi connectivity index (χ0n) is 15.8. The molecule has 2 heteroatoms. The molecule has 24 heavy (non-hydrogen) atoms. The third kappa shape index (κ3) is 3.54. The van der Waals surface area contributed by atoms with Crippen LogP contribution in [-0.2, 0) is 0 Å². The lowest BCUT2D eigenvalue weighted by atomic mass is 9.52. The molecule has 4 saturated carbocycles. The summed E-state index contributed by atoms with van der Waals surface area (Å²) in [6, 6.07) is 0. The van der Waals surface area contributed by atoms with Gasteiger partial charge in [-0.2, -0.15) is 0 Å². The van der Waals surface area contributed by atoms with Crippen LogP contribution in [0.1, 0.15) is 71.1 Å². The zero-order valence-corrected chi connectivity index (χ0v) is 15.8. The van der Waals surface area contributed by atoms with E-state index in [1.54, 1.807) is 43.4 Å². The first-order valence-electron chi connectivity index (χ1n) is 10.9. The largest absolute Gasteiger partial charge is 0.321 e. The summed E-state index contributed by atoms with van der Waals surface area (Å²) in [5.74, 6) is 10.2. The van der Waals surface area contributed by atoms with Crippen molar-refractivity contribution in [3.8, 4) is 11.8 Å². The number of nitrogens with one attached hydrogen (secondary N) is 2. The van der Waals surface area contributed by atoms with Crippen LogP contribution in [-0.4, -0.2) is 38.3 Å². The quantitative estimate of drug-likeness (QED) is 0.556. The van der Waals surface area contributed by atoms with Gasteiger partial charge in [0.25, 0.3) is 0 Å². The molecular weight excluding hydrogens is 292 g/mol. The summed E-state index contributed by atoms with van der Waals surface area (Å²) < 4.78 is 0. The van der Waals surface area contributed by atoms with Gasteiger partial charge in [0.2, 0.25) is 0 Å². The maximum atomic E-state index is 3.47. The summed E-state index contributed by atoms with van der Waals surface area (Å²) in [4.78, 5) is 3.76. The first kappa shape index (κ1) is 16.9. The monoisotopic (exact) mass is 330 g/mol. The maximum absolute atomic E-state index is 3.47. The Labute approximate surface area is 149 Å². The minimum atomic E-state index is 0.714. The van der Waals surface area contributed by atoms with Gasteiger partial charge in [0.05, 0.1) is 5.54 Å². The minimum Gasteiger partial charge on any atom is -0.321 e. The molecule has 1 heterocycles. The van der Waals surface area contributed by atoms with Crippen molar-refractivity contribution >= 4 is 0 Å². The number of quaternary nitrogens is 2. The lowest BCUT2D eigenvalue weighted by molar-refractivity contribution is -1.04. The summed E-state index contributed by atoms with van der Waals surface area (Å²) >= 11 is 0. The van der Waals surface area contributed by atoms with E-state index < -0.39 is 0 Å². The Kier molecular flexibility index (Phi) is 5.21. The second-order valence-electron chi connectivity index (χ2n) is 9.54. The van der Waals surface area contributed by atoms with Crippen molar-refractivity contribution in [1.82, 2.24) is 0 Å². The van der Waals surface area contributed by atoms with E-state index >= 15 is 0 Å². The van der Waals surface area contributed by atoms with E-state index in [0.29, 0.717) is 5.54 Å². The molecule has 0 unspecified atom stereocenters. The Morgan fingerprint density at radius 3 is 2.04 bits per heavy atom. The molecular formula is C22H38N2+2. The first-order chi connectivity index (χ1) is 11.8. The van der Waals surface area contributed by atoms with E-state index in [2.05, 4.69) is 18.8 Å². The van der Waals surface area contributed by atoms with E-state index in [0.717, 1.165) is 30.7 Å². The van der Waals surface area contributed by atoms with Gasteiger partial charge in [0.1, 0.15) is 32.7 Å². The average molecular weight is 331 g/mol. The van der Waals surface area contributed by atoms with Gasteiger partial charge in [0.15, 0.2) is 0 Å². The second-order valence-corrected chi connectivity index (χ2v) is 9.54. The average Bonchev–Trinajstić information content (AvgIpc) is 2.57. The van der Waals surface area contributed by atoms with Crippen molar-refractivity contribution in [2.75, 3.05) is 32.7 Å². The molecule has 0 aromatic rings. The third-order valence-corrected chi connectivity index (χ3v) is 7.72. The second kappa shape index (κ2) is 7.38. The van der Waals surface area contributed by atoms with Crippen LogP contribution >= 0.6 is 0 Å². The smallest absolute Gasteiger partial charge is 0.139 e. The molecule has 1 saturated heterocycles. The summed E-state index contributed by atoms with van der Waals surface area (Å²) in [7, 11) is 0. The molecule has 2 nitrogen and oxygen atoms in total. The number of hydrogen-bond donors (Lipinski definition) is 2. The summed E-state index contributed by atoms with van der Waals surface area (Å²) in [5.41, 5.74) is 0.714. The Morgan fingerprint density at radius 1 is 0.833 bits per heavy atom. The lowest BCUT2D eigenvalue weighted by Gasteiger charge is -2.58. The predicted molar refractivity (Wildman–Crippen MR) is 99.1 cm³/mol. The van der Waals surface area contributed by atoms with Crippen molar-refractivity contribution in [1.29, 1.82) is 0 Å². The van der Waals surface area contributed by atoms with Crippen molar-refractivity contribution in [2.24, 2.45) is 17.8 Å². The number of piperazine rings is 1. The van der Waals surface area contributed by atoms with Crippen LogP contribution in [0.2, 0.25) is 0 Å². The molecule has 0 radical (unpaired) electrons. The molecule has 134 valence electrons.